The minimum Gasteiger partial charge on any atom is -0.379 e. The highest BCUT2D eigenvalue weighted by Crippen LogP contribution is 2.29. The first-order chi connectivity index (χ1) is 13.2. The Morgan fingerprint density at radius 2 is 2.04 bits per heavy atom. The molecule has 28 heavy (non-hydrogen) atoms. The third kappa shape index (κ3) is 6.34. The van der Waals surface area contributed by atoms with Crippen LogP contribution in [-0.4, -0.2) is 70.9 Å². The highest BCUT2D eigenvalue weighted by Gasteiger charge is 2.32. The first-order valence-corrected chi connectivity index (χ1v) is 11.8. The average Bonchev–Trinajstić information content (AvgIpc) is 2.65. The van der Waals surface area contributed by atoms with Gasteiger partial charge in [-0.25, -0.2) is 8.42 Å². The molecule has 0 unspecified atom stereocenters. The van der Waals surface area contributed by atoms with E-state index in [2.05, 4.69) is 10.2 Å². The van der Waals surface area contributed by atoms with E-state index < -0.39 is 16.1 Å². The van der Waals surface area contributed by atoms with Crippen molar-refractivity contribution in [2.45, 2.75) is 32.7 Å². The van der Waals surface area contributed by atoms with Crippen LogP contribution in [0.4, 0.5) is 5.69 Å². The Labute approximate surface area is 173 Å². The van der Waals surface area contributed by atoms with Gasteiger partial charge in [0.25, 0.3) is 0 Å². The van der Waals surface area contributed by atoms with E-state index in [9.17, 15) is 13.2 Å². The average molecular weight is 432 g/mol. The molecule has 1 amide bonds. The molecule has 0 bridgehead atoms. The number of nitrogens with one attached hydrogen (secondary N) is 1. The summed E-state index contributed by atoms with van der Waals surface area (Å²) in [6, 6.07) is 4.22. The Morgan fingerprint density at radius 1 is 1.36 bits per heavy atom. The Hall–Kier alpha value is -1.35. The number of rotatable bonds is 9. The van der Waals surface area contributed by atoms with Gasteiger partial charge in [-0.2, -0.15) is 0 Å². The van der Waals surface area contributed by atoms with Crippen molar-refractivity contribution in [2.75, 3.05) is 50.0 Å². The SMILES string of the molecule is CC[C@@H](C(=O)NCCCN1CCOCC1)N(c1cc(Cl)ccc1C)S(C)(=O)=O. The summed E-state index contributed by atoms with van der Waals surface area (Å²) >= 11 is 6.08. The van der Waals surface area contributed by atoms with Gasteiger partial charge in [0.2, 0.25) is 15.9 Å². The molecule has 0 saturated carbocycles. The second-order valence-electron chi connectivity index (χ2n) is 7.01. The zero-order valence-corrected chi connectivity index (χ0v) is 18.4. The first-order valence-electron chi connectivity index (χ1n) is 9.57. The van der Waals surface area contributed by atoms with Gasteiger partial charge in [0.15, 0.2) is 0 Å². The topological polar surface area (TPSA) is 79.0 Å². The van der Waals surface area contributed by atoms with Crippen LogP contribution in [0.5, 0.6) is 0 Å². The van der Waals surface area contributed by atoms with Crippen molar-refractivity contribution in [1.82, 2.24) is 10.2 Å². The van der Waals surface area contributed by atoms with E-state index in [1.54, 1.807) is 32.0 Å². The number of carbonyl (C=O) groups is 1. The Balaban J connectivity index is 2.06. The summed E-state index contributed by atoms with van der Waals surface area (Å²) in [4.78, 5) is 15.1. The van der Waals surface area contributed by atoms with Gasteiger partial charge in [0.1, 0.15) is 6.04 Å². The summed E-state index contributed by atoms with van der Waals surface area (Å²) in [5, 5.41) is 3.32. The maximum Gasteiger partial charge on any atom is 0.243 e. The smallest absolute Gasteiger partial charge is 0.243 e. The van der Waals surface area contributed by atoms with Crippen molar-refractivity contribution in [1.29, 1.82) is 0 Å². The van der Waals surface area contributed by atoms with Crippen LogP contribution in [-0.2, 0) is 19.6 Å². The zero-order chi connectivity index (χ0) is 20.7. The molecular formula is C19H30ClN3O4S. The Morgan fingerprint density at radius 3 is 2.64 bits per heavy atom. The molecule has 2 rings (SSSR count). The standard InChI is InChI=1S/C19H30ClN3O4S/c1-4-17(19(24)21-8-5-9-22-10-12-27-13-11-22)23(28(3,25)26)18-14-16(20)7-6-15(18)2/h6-7,14,17H,4-5,8-13H2,1-3H3,(H,21,24)/t17-/m0/s1. The van der Waals surface area contributed by atoms with Crippen LogP contribution in [0, 0.1) is 6.92 Å². The molecule has 1 saturated heterocycles. The van der Waals surface area contributed by atoms with Crippen LogP contribution in [0.3, 0.4) is 0 Å². The number of amides is 1. The molecule has 1 aliphatic rings. The van der Waals surface area contributed by atoms with Crippen molar-refractivity contribution in [2.24, 2.45) is 0 Å². The third-order valence-electron chi connectivity index (χ3n) is 4.79. The van der Waals surface area contributed by atoms with Crippen LogP contribution >= 0.6 is 11.6 Å². The number of hydrogen-bond acceptors (Lipinski definition) is 5. The lowest BCUT2D eigenvalue weighted by atomic mass is 10.1. The van der Waals surface area contributed by atoms with Crippen LogP contribution in [0.1, 0.15) is 25.3 Å². The number of ether oxygens (including phenoxy) is 1. The molecule has 1 N–H and O–H groups in total. The molecule has 1 aromatic rings. The molecule has 1 aromatic carbocycles. The molecule has 1 atom stereocenters. The summed E-state index contributed by atoms with van der Waals surface area (Å²) in [5.41, 5.74) is 1.18. The fourth-order valence-corrected chi connectivity index (χ4v) is 4.74. The largest absolute Gasteiger partial charge is 0.379 e. The summed E-state index contributed by atoms with van der Waals surface area (Å²) in [6.45, 7) is 8.28. The first kappa shape index (κ1) is 22.9. The summed E-state index contributed by atoms with van der Waals surface area (Å²) < 4.78 is 31.6. The van der Waals surface area contributed by atoms with E-state index in [1.807, 2.05) is 0 Å². The van der Waals surface area contributed by atoms with Gasteiger partial charge in [0.05, 0.1) is 25.2 Å². The Kier molecular flexibility index (Phi) is 8.55. The van der Waals surface area contributed by atoms with Gasteiger partial charge in [-0.05, 0) is 44.0 Å². The quantitative estimate of drug-likeness (QED) is 0.605. The normalized spacial score (nSPS) is 16.6. The minimum absolute atomic E-state index is 0.297. The molecule has 7 nitrogen and oxygen atoms in total. The molecule has 0 spiro atoms. The van der Waals surface area contributed by atoms with Crippen LogP contribution in [0.25, 0.3) is 0 Å². The Bertz CT molecular complexity index is 766. The number of aryl methyl sites for hydroxylation is 1. The number of carbonyl (C=O) groups excluding carboxylic acids is 1. The molecule has 1 aliphatic heterocycles. The number of morpholine rings is 1. The predicted molar refractivity (Wildman–Crippen MR) is 112 cm³/mol. The molecule has 0 radical (unpaired) electrons. The zero-order valence-electron chi connectivity index (χ0n) is 16.8. The second kappa shape index (κ2) is 10.4. The molecule has 1 fully saturated rings. The lowest BCUT2D eigenvalue weighted by Crippen LogP contribution is -2.50. The highest BCUT2D eigenvalue weighted by molar-refractivity contribution is 7.92. The van der Waals surface area contributed by atoms with E-state index in [4.69, 9.17) is 16.3 Å². The van der Waals surface area contributed by atoms with Gasteiger partial charge in [-0.15, -0.1) is 0 Å². The fraction of sp³-hybridized carbons (Fsp3) is 0.632. The number of benzene rings is 1. The van der Waals surface area contributed by atoms with Crippen molar-refractivity contribution in [3.63, 3.8) is 0 Å². The predicted octanol–water partition coefficient (Wildman–Crippen LogP) is 2.03. The maximum absolute atomic E-state index is 12.8. The molecular weight excluding hydrogens is 402 g/mol. The van der Waals surface area contributed by atoms with Crippen LogP contribution < -0.4 is 9.62 Å². The van der Waals surface area contributed by atoms with E-state index in [0.29, 0.717) is 23.7 Å². The summed E-state index contributed by atoms with van der Waals surface area (Å²) in [7, 11) is -3.67. The number of halogens is 1. The number of anilines is 1. The van der Waals surface area contributed by atoms with Gasteiger partial charge in [-0.1, -0.05) is 24.6 Å². The molecule has 0 aliphatic carbocycles. The third-order valence-corrected chi connectivity index (χ3v) is 6.19. The van der Waals surface area contributed by atoms with E-state index >= 15 is 0 Å². The van der Waals surface area contributed by atoms with Gasteiger partial charge < -0.3 is 10.1 Å². The van der Waals surface area contributed by atoms with E-state index in [0.717, 1.165) is 51.1 Å². The minimum atomic E-state index is -3.67. The van der Waals surface area contributed by atoms with E-state index in [-0.39, 0.29) is 5.91 Å². The molecule has 9 heteroatoms. The van der Waals surface area contributed by atoms with Gasteiger partial charge in [0, 0.05) is 24.7 Å². The molecule has 0 aromatic heterocycles. The van der Waals surface area contributed by atoms with Crippen LogP contribution in [0.15, 0.2) is 18.2 Å². The van der Waals surface area contributed by atoms with Crippen LogP contribution in [0.2, 0.25) is 5.02 Å². The number of nitrogens with zero attached hydrogens (tertiary/aromatic N) is 2. The highest BCUT2D eigenvalue weighted by atomic mass is 35.5. The molecule has 158 valence electrons. The summed E-state index contributed by atoms with van der Waals surface area (Å²) in [5.74, 6) is -0.297. The lowest BCUT2D eigenvalue weighted by Gasteiger charge is -2.31. The fourth-order valence-electron chi connectivity index (χ4n) is 3.31. The number of hydrogen-bond donors (Lipinski definition) is 1. The van der Waals surface area contributed by atoms with Gasteiger partial charge in [-0.3, -0.25) is 14.0 Å². The maximum atomic E-state index is 12.8. The van der Waals surface area contributed by atoms with Crippen molar-refractivity contribution >= 4 is 33.2 Å². The van der Waals surface area contributed by atoms with E-state index in [1.165, 1.54) is 4.31 Å². The summed E-state index contributed by atoms with van der Waals surface area (Å²) in [6.07, 6.45) is 2.27. The molecule has 1 heterocycles. The van der Waals surface area contributed by atoms with Crippen molar-refractivity contribution in [3.8, 4) is 0 Å². The lowest BCUT2D eigenvalue weighted by molar-refractivity contribution is -0.122. The number of sulfonamides is 1. The second-order valence-corrected chi connectivity index (χ2v) is 9.31. The van der Waals surface area contributed by atoms with Gasteiger partial charge >= 0.3 is 0 Å². The van der Waals surface area contributed by atoms with Crippen molar-refractivity contribution < 1.29 is 17.9 Å². The monoisotopic (exact) mass is 431 g/mol. The van der Waals surface area contributed by atoms with Crippen molar-refractivity contribution in [3.05, 3.63) is 28.8 Å².